The summed E-state index contributed by atoms with van der Waals surface area (Å²) in [5, 5.41) is 3.08. The first kappa shape index (κ1) is 13.0. The number of rotatable bonds is 3. The molecule has 0 aliphatic carbocycles. The van der Waals surface area contributed by atoms with Crippen molar-refractivity contribution in [2.45, 2.75) is 19.8 Å². The Bertz CT molecular complexity index is 562. The van der Waals surface area contributed by atoms with Gasteiger partial charge in [0, 0.05) is 26.5 Å². The van der Waals surface area contributed by atoms with Crippen molar-refractivity contribution in [2.24, 2.45) is 7.05 Å². The summed E-state index contributed by atoms with van der Waals surface area (Å²) < 4.78 is 2.82. The Morgan fingerprint density at radius 1 is 1.33 bits per heavy atom. The standard InChI is InChI=1S/C12H16BrN5/c1-7(2)9-8(13)10(14-3)17-11(16-9)12-15-5-6-18(12)4/h5-7H,1-4H3,(H,14,16,17). The number of hydrogen-bond donors (Lipinski definition) is 1. The number of nitrogens with one attached hydrogen (secondary N) is 1. The van der Waals surface area contributed by atoms with Crippen molar-refractivity contribution in [3.63, 3.8) is 0 Å². The molecule has 96 valence electrons. The van der Waals surface area contributed by atoms with E-state index < -0.39 is 0 Å². The van der Waals surface area contributed by atoms with Gasteiger partial charge in [-0.1, -0.05) is 13.8 Å². The van der Waals surface area contributed by atoms with Crippen molar-refractivity contribution < 1.29 is 0 Å². The van der Waals surface area contributed by atoms with Gasteiger partial charge in [0.15, 0.2) is 11.6 Å². The molecule has 0 aliphatic heterocycles. The van der Waals surface area contributed by atoms with Crippen LogP contribution in [0.15, 0.2) is 16.9 Å². The maximum Gasteiger partial charge on any atom is 0.198 e. The quantitative estimate of drug-likeness (QED) is 0.947. The van der Waals surface area contributed by atoms with Crippen molar-refractivity contribution in [3.05, 3.63) is 22.6 Å². The molecule has 0 fully saturated rings. The van der Waals surface area contributed by atoms with Gasteiger partial charge in [0.1, 0.15) is 5.82 Å². The summed E-state index contributed by atoms with van der Waals surface area (Å²) in [5.74, 6) is 2.50. The van der Waals surface area contributed by atoms with Gasteiger partial charge in [-0.15, -0.1) is 0 Å². The molecule has 6 heteroatoms. The molecule has 0 amide bonds. The van der Waals surface area contributed by atoms with E-state index in [4.69, 9.17) is 0 Å². The fraction of sp³-hybridized carbons (Fsp3) is 0.417. The number of aryl methyl sites for hydroxylation is 1. The molecule has 0 aromatic carbocycles. The van der Waals surface area contributed by atoms with Crippen LogP contribution in [0.25, 0.3) is 11.6 Å². The zero-order valence-electron chi connectivity index (χ0n) is 10.9. The molecular formula is C12H16BrN5. The molecule has 2 aromatic heterocycles. The maximum atomic E-state index is 4.60. The van der Waals surface area contributed by atoms with Gasteiger partial charge in [0.05, 0.1) is 10.2 Å². The van der Waals surface area contributed by atoms with Gasteiger partial charge in [-0.2, -0.15) is 0 Å². The van der Waals surface area contributed by atoms with E-state index in [0.717, 1.165) is 21.8 Å². The lowest BCUT2D eigenvalue weighted by Crippen LogP contribution is -2.06. The molecule has 5 nitrogen and oxygen atoms in total. The van der Waals surface area contributed by atoms with Crippen LogP contribution in [-0.2, 0) is 7.05 Å². The average Bonchev–Trinajstić information content (AvgIpc) is 2.75. The molecule has 0 saturated carbocycles. The van der Waals surface area contributed by atoms with E-state index in [1.54, 1.807) is 6.20 Å². The predicted octanol–water partition coefficient (Wildman–Crippen LogP) is 2.80. The molecule has 0 spiro atoms. The molecule has 0 bridgehead atoms. The minimum Gasteiger partial charge on any atom is -0.372 e. The molecule has 0 atom stereocenters. The molecule has 2 heterocycles. The monoisotopic (exact) mass is 309 g/mol. The first-order valence-corrected chi connectivity index (χ1v) is 6.56. The highest BCUT2D eigenvalue weighted by molar-refractivity contribution is 9.10. The van der Waals surface area contributed by atoms with E-state index >= 15 is 0 Å². The largest absolute Gasteiger partial charge is 0.372 e. The number of nitrogens with zero attached hydrogens (tertiary/aromatic N) is 4. The van der Waals surface area contributed by atoms with E-state index in [1.807, 2.05) is 24.9 Å². The summed E-state index contributed by atoms with van der Waals surface area (Å²) in [6, 6.07) is 0. The highest BCUT2D eigenvalue weighted by atomic mass is 79.9. The Morgan fingerprint density at radius 2 is 2.06 bits per heavy atom. The summed E-state index contributed by atoms with van der Waals surface area (Å²) in [4.78, 5) is 13.4. The maximum absolute atomic E-state index is 4.60. The van der Waals surface area contributed by atoms with E-state index in [9.17, 15) is 0 Å². The fourth-order valence-electron chi connectivity index (χ4n) is 1.69. The number of imidazole rings is 1. The van der Waals surface area contributed by atoms with E-state index in [2.05, 4.69) is 50.0 Å². The second-order valence-corrected chi connectivity index (χ2v) is 5.15. The van der Waals surface area contributed by atoms with Gasteiger partial charge in [-0.05, 0) is 21.8 Å². The molecule has 1 N–H and O–H groups in total. The topological polar surface area (TPSA) is 55.6 Å². The highest BCUT2D eigenvalue weighted by Crippen LogP contribution is 2.30. The molecule has 0 radical (unpaired) electrons. The van der Waals surface area contributed by atoms with Crippen LogP contribution in [0, 0.1) is 0 Å². The Kier molecular flexibility index (Phi) is 3.65. The second-order valence-electron chi connectivity index (χ2n) is 4.36. The van der Waals surface area contributed by atoms with Gasteiger partial charge in [0.25, 0.3) is 0 Å². The Morgan fingerprint density at radius 3 is 2.56 bits per heavy atom. The lowest BCUT2D eigenvalue weighted by atomic mass is 10.1. The van der Waals surface area contributed by atoms with Crippen LogP contribution < -0.4 is 5.32 Å². The smallest absolute Gasteiger partial charge is 0.198 e. The van der Waals surface area contributed by atoms with Crippen LogP contribution in [0.5, 0.6) is 0 Å². The van der Waals surface area contributed by atoms with Crippen molar-refractivity contribution in [1.82, 2.24) is 19.5 Å². The molecule has 0 unspecified atom stereocenters. The summed E-state index contributed by atoms with van der Waals surface area (Å²) >= 11 is 3.54. The van der Waals surface area contributed by atoms with Crippen LogP contribution >= 0.6 is 15.9 Å². The SMILES string of the molecule is CNc1nc(-c2nccn2C)nc(C(C)C)c1Br. The normalized spacial score (nSPS) is 11.0. The molecule has 18 heavy (non-hydrogen) atoms. The summed E-state index contributed by atoms with van der Waals surface area (Å²) in [7, 11) is 3.78. The summed E-state index contributed by atoms with van der Waals surface area (Å²) in [5.41, 5.74) is 0.979. The van der Waals surface area contributed by atoms with E-state index in [0.29, 0.717) is 11.7 Å². The van der Waals surface area contributed by atoms with Crippen LogP contribution in [0.1, 0.15) is 25.5 Å². The minimum absolute atomic E-state index is 0.313. The Balaban J connectivity index is 2.63. The minimum atomic E-state index is 0.313. The molecule has 2 rings (SSSR count). The zero-order chi connectivity index (χ0) is 13.3. The number of hydrogen-bond acceptors (Lipinski definition) is 4. The van der Waals surface area contributed by atoms with E-state index in [1.165, 1.54) is 0 Å². The van der Waals surface area contributed by atoms with Gasteiger partial charge in [-0.3, -0.25) is 0 Å². The number of halogens is 1. The Labute approximate surface area is 115 Å². The molecule has 0 saturated heterocycles. The molecule has 2 aromatic rings. The fourth-order valence-corrected chi connectivity index (χ4v) is 2.53. The van der Waals surface area contributed by atoms with Crippen molar-refractivity contribution in [2.75, 3.05) is 12.4 Å². The summed E-state index contributed by atoms with van der Waals surface area (Å²) in [6.07, 6.45) is 3.63. The first-order valence-electron chi connectivity index (χ1n) is 5.77. The van der Waals surface area contributed by atoms with Crippen LogP contribution in [0.3, 0.4) is 0 Å². The van der Waals surface area contributed by atoms with Crippen molar-refractivity contribution >= 4 is 21.7 Å². The summed E-state index contributed by atoms with van der Waals surface area (Å²) in [6.45, 7) is 4.21. The first-order chi connectivity index (χ1) is 8.54. The van der Waals surface area contributed by atoms with Crippen molar-refractivity contribution in [1.29, 1.82) is 0 Å². The van der Waals surface area contributed by atoms with Crippen LogP contribution in [0.4, 0.5) is 5.82 Å². The van der Waals surface area contributed by atoms with Gasteiger partial charge >= 0.3 is 0 Å². The lowest BCUT2D eigenvalue weighted by Gasteiger charge is -2.13. The van der Waals surface area contributed by atoms with Gasteiger partial charge in [-0.25, -0.2) is 15.0 Å². The van der Waals surface area contributed by atoms with Crippen LogP contribution in [-0.4, -0.2) is 26.6 Å². The predicted molar refractivity (Wildman–Crippen MR) is 75.6 cm³/mol. The third-order valence-electron chi connectivity index (χ3n) is 2.68. The van der Waals surface area contributed by atoms with Gasteiger partial charge < -0.3 is 9.88 Å². The highest BCUT2D eigenvalue weighted by Gasteiger charge is 2.16. The molecular weight excluding hydrogens is 294 g/mol. The second kappa shape index (κ2) is 5.06. The molecule has 0 aliphatic rings. The third-order valence-corrected chi connectivity index (χ3v) is 3.46. The van der Waals surface area contributed by atoms with Gasteiger partial charge in [0.2, 0.25) is 0 Å². The third kappa shape index (κ3) is 2.25. The average molecular weight is 310 g/mol. The van der Waals surface area contributed by atoms with Crippen molar-refractivity contribution in [3.8, 4) is 11.6 Å². The number of aromatic nitrogens is 4. The zero-order valence-corrected chi connectivity index (χ0v) is 12.5. The Hall–Kier alpha value is -1.43. The van der Waals surface area contributed by atoms with Crippen LogP contribution in [0.2, 0.25) is 0 Å². The lowest BCUT2D eigenvalue weighted by molar-refractivity contribution is 0.803. The number of anilines is 1. The van der Waals surface area contributed by atoms with E-state index in [-0.39, 0.29) is 0 Å².